The van der Waals surface area contributed by atoms with Gasteiger partial charge in [-0.1, -0.05) is 40.9 Å². The van der Waals surface area contributed by atoms with Crippen LogP contribution in [0.2, 0.25) is 0 Å². The van der Waals surface area contributed by atoms with Gasteiger partial charge < -0.3 is 10.2 Å². The summed E-state index contributed by atoms with van der Waals surface area (Å²) in [5.41, 5.74) is 0.944. The van der Waals surface area contributed by atoms with Crippen molar-refractivity contribution in [3.63, 3.8) is 0 Å². The molecule has 0 saturated carbocycles. The second-order valence-electron chi connectivity index (χ2n) is 7.68. The highest BCUT2D eigenvalue weighted by atomic mass is 32.1. The monoisotopic (exact) mass is 428 g/mol. The SMILES string of the molecule is CC(C)(C)NC(=O)C(c1cccs1)N(CCc1ccccc1)C(=O)c1csnn1. The Kier molecular flexibility index (Phi) is 6.76. The topological polar surface area (TPSA) is 75.2 Å². The molecule has 1 unspecified atom stereocenters. The van der Waals surface area contributed by atoms with Gasteiger partial charge in [0.15, 0.2) is 5.69 Å². The molecular weight excluding hydrogens is 404 g/mol. The van der Waals surface area contributed by atoms with Gasteiger partial charge in [0.1, 0.15) is 6.04 Å². The molecule has 0 radical (unpaired) electrons. The van der Waals surface area contributed by atoms with Crippen LogP contribution in [-0.4, -0.2) is 38.4 Å². The molecule has 0 saturated heterocycles. The van der Waals surface area contributed by atoms with Crippen LogP contribution in [0.25, 0.3) is 0 Å². The third kappa shape index (κ3) is 5.71. The summed E-state index contributed by atoms with van der Waals surface area (Å²) in [5.74, 6) is -0.498. The van der Waals surface area contributed by atoms with E-state index in [0.29, 0.717) is 13.0 Å². The van der Waals surface area contributed by atoms with E-state index in [-0.39, 0.29) is 17.5 Å². The second kappa shape index (κ2) is 9.28. The Morgan fingerprint density at radius 3 is 2.48 bits per heavy atom. The lowest BCUT2D eigenvalue weighted by molar-refractivity contribution is -0.127. The number of nitrogens with zero attached hydrogens (tertiary/aromatic N) is 3. The van der Waals surface area contributed by atoms with Gasteiger partial charge in [-0.2, -0.15) is 0 Å². The minimum atomic E-state index is -0.730. The van der Waals surface area contributed by atoms with Gasteiger partial charge in [-0.05, 0) is 55.7 Å². The number of thiophene rings is 1. The third-order valence-electron chi connectivity index (χ3n) is 4.20. The van der Waals surface area contributed by atoms with Gasteiger partial charge in [0.2, 0.25) is 5.91 Å². The average molecular weight is 429 g/mol. The molecule has 2 aromatic heterocycles. The standard InChI is InChI=1S/C21H24N4O2S2/c1-21(2,3)22-19(26)18(17-10-7-13-28-17)25(20(27)16-14-29-24-23-16)12-11-15-8-5-4-6-9-15/h4-10,13-14,18H,11-12H2,1-3H3,(H,22,26). The number of hydrogen-bond acceptors (Lipinski definition) is 6. The van der Waals surface area contributed by atoms with Crippen LogP contribution in [0.5, 0.6) is 0 Å². The fourth-order valence-corrected chi connectivity index (χ4v) is 4.22. The molecule has 2 amide bonds. The van der Waals surface area contributed by atoms with Gasteiger partial charge >= 0.3 is 0 Å². The lowest BCUT2D eigenvalue weighted by atomic mass is 10.1. The van der Waals surface area contributed by atoms with E-state index in [9.17, 15) is 9.59 Å². The van der Waals surface area contributed by atoms with E-state index in [1.165, 1.54) is 11.3 Å². The van der Waals surface area contributed by atoms with Crippen molar-refractivity contribution >= 4 is 34.7 Å². The molecule has 0 aliphatic carbocycles. The molecule has 0 aliphatic heterocycles. The number of nitrogens with one attached hydrogen (secondary N) is 1. The highest BCUT2D eigenvalue weighted by Gasteiger charge is 2.35. The van der Waals surface area contributed by atoms with E-state index in [4.69, 9.17) is 0 Å². The van der Waals surface area contributed by atoms with Gasteiger partial charge in [-0.3, -0.25) is 9.59 Å². The molecule has 6 nitrogen and oxygen atoms in total. The minimum Gasteiger partial charge on any atom is -0.349 e. The maximum atomic E-state index is 13.3. The number of carbonyl (C=O) groups excluding carboxylic acids is 2. The number of rotatable bonds is 7. The van der Waals surface area contributed by atoms with Gasteiger partial charge in [0, 0.05) is 22.3 Å². The zero-order valence-electron chi connectivity index (χ0n) is 16.7. The maximum absolute atomic E-state index is 13.3. The summed E-state index contributed by atoms with van der Waals surface area (Å²) in [7, 11) is 0. The normalized spacial score (nSPS) is 12.4. The quantitative estimate of drug-likeness (QED) is 0.618. The molecular formula is C21H24N4O2S2. The molecule has 1 N–H and O–H groups in total. The van der Waals surface area contributed by atoms with Crippen molar-refractivity contribution in [3.8, 4) is 0 Å². The molecule has 1 atom stereocenters. The smallest absolute Gasteiger partial charge is 0.276 e. The van der Waals surface area contributed by atoms with Gasteiger partial charge in [-0.15, -0.1) is 16.4 Å². The Balaban J connectivity index is 1.95. The van der Waals surface area contributed by atoms with E-state index in [2.05, 4.69) is 14.9 Å². The van der Waals surface area contributed by atoms with Crippen LogP contribution in [0.1, 0.15) is 47.7 Å². The predicted octanol–water partition coefficient (Wildman–Crippen LogP) is 3.94. The first kappa shape index (κ1) is 21.1. The molecule has 1 aromatic carbocycles. The van der Waals surface area contributed by atoms with Crippen LogP contribution in [0.3, 0.4) is 0 Å². The van der Waals surface area contributed by atoms with Gasteiger partial charge in [0.25, 0.3) is 5.91 Å². The zero-order valence-corrected chi connectivity index (χ0v) is 18.3. The van der Waals surface area contributed by atoms with E-state index < -0.39 is 11.6 Å². The van der Waals surface area contributed by atoms with Crippen LogP contribution in [-0.2, 0) is 11.2 Å². The van der Waals surface area contributed by atoms with Crippen LogP contribution < -0.4 is 5.32 Å². The summed E-state index contributed by atoms with van der Waals surface area (Å²) < 4.78 is 3.82. The molecule has 0 aliphatic rings. The second-order valence-corrected chi connectivity index (χ2v) is 9.27. The van der Waals surface area contributed by atoms with Crippen LogP contribution >= 0.6 is 22.9 Å². The van der Waals surface area contributed by atoms with Crippen LogP contribution in [0, 0.1) is 0 Å². The van der Waals surface area contributed by atoms with Crippen LogP contribution in [0.15, 0.2) is 53.2 Å². The lowest BCUT2D eigenvalue weighted by Crippen LogP contribution is -2.49. The predicted molar refractivity (Wildman–Crippen MR) is 116 cm³/mol. The lowest BCUT2D eigenvalue weighted by Gasteiger charge is -2.32. The largest absolute Gasteiger partial charge is 0.349 e. The highest BCUT2D eigenvalue weighted by molar-refractivity contribution is 7.10. The molecule has 29 heavy (non-hydrogen) atoms. The van der Waals surface area contributed by atoms with E-state index in [1.54, 1.807) is 10.3 Å². The number of benzene rings is 1. The Labute approximate surface area is 178 Å². The van der Waals surface area contributed by atoms with E-state index in [1.807, 2.05) is 68.6 Å². The molecule has 0 fully saturated rings. The average Bonchev–Trinajstić information content (AvgIpc) is 3.37. The first-order valence-electron chi connectivity index (χ1n) is 9.32. The third-order valence-corrected chi connectivity index (χ3v) is 5.62. The van der Waals surface area contributed by atoms with Crippen molar-refractivity contribution in [2.75, 3.05) is 6.54 Å². The Morgan fingerprint density at radius 2 is 1.90 bits per heavy atom. The van der Waals surface area contributed by atoms with E-state index >= 15 is 0 Å². The zero-order chi connectivity index (χ0) is 20.9. The molecule has 3 aromatic rings. The molecule has 152 valence electrons. The van der Waals surface area contributed by atoms with E-state index in [0.717, 1.165) is 22.0 Å². The fourth-order valence-electron chi connectivity index (χ4n) is 2.96. The van der Waals surface area contributed by atoms with Crippen molar-refractivity contribution in [3.05, 3.63) is 69.4 Å². The number of amides is 2. The van der Waals surface area contributed by atoms with Gasteiger partial charge in [-0.25, -0.2) is 0 Å². The summed E-state index contributed by atoms with van der Waals surface area (Å²) >= 11 is 2.58. The molecule has 3 rings (SSSR count). The summed E-state index contributed by atoms with van der Waals surface area (Å²) in [5, 5.41) is 10.5. The van der Waals surface area contributed by atoms with Crippen molar-refractivity contribution in [2.45, 2.75) is 38.8 Å². The summed E-state index contributed by atoms with van der Waals surface area (Å²) in [6, 6.07) is 13.0. The first-order chi connectivity index (χ1) is 13.8. The molecule has 0 bridgehead atoms. The Bertz CT molecular complexity index is 920. The van der Waals surface area contributed by atoms with Crippen molar-refractivity contribution in [1.29, 1.82) is 0 Å². The first-order valence-corrected chi connectivity index (χ1v) is 11.0. The van der Waals surface area contributed by atoms with Crippen LogP contribution in [0.4, 0.5) is 0 Å². The van der Waals surface area contributed by atoms with Gasteiger partial charge in [0.05, 0.1) is 0 Å². The number of aromatic nitrogens is 2. The molecule has 8 heteroatoms. The molecule has 2 heterocycles. The van der Waals surface area contributed by atoms with Crippen molar-refractivity contribution in [1.82, 2.24) is 19.8 Å². The number of carbonyl (C=O) groups is 2. The maximum Gasteiger partial charge on any atom is 0.276 e. The summed E-state index contributed by atoms with van der Waals surface area (Å²) in [6.45, 7) is 6.17. The fraction of sp³-hybridized carbons (Fsp3) is 0.333. The summed E-state index contributed by atoms with van der Waals surface area (Å²) in [4.78, 5) is 29.0. The Morgan fingerprint density at radius 1 is 1.14 bits per heavy atom. The van der Waals surface area contributed by atoms with Crippen molar-refractivity contribution < 1.29 is 9.59 Å². The minimum absolute atomic E-state index is 0.204. The Hall–Kier alpha value is -2.58. The summed E-state index contributed by atoms with van der Waals surface area (Å²) in [6.07, 6.45) is 0.634. The molecule has 0 spiro atoms. The highest BCUT2D eigenvalue weighted by Crippen LogP contribution is 2.28. The van der Waals surface area contributed by atoms with Crippen molar-refractivity contribution in [2.24, 2.45) is 0 Å². The number of hydrogen-bond donors (Lipinski definition) is 1.